The molecular formula is C35H39Cl2N5O3. The molecule has 0 radical (unpaired) electrons. The maximum Gasteiger partial charge on any atom is 0.254 e. The Morgan fingerprint density at radius 1 is 0.844 bits per heavy atom. The molecule has 0 spiro atoms. The minimum Gasteiger partial charge on any atom is -0.335 e. The van der Waals surface area contributed by atoms with E-state index in [-0.39, 0.29) is 35.8 Å². The third-order valence-electron chi connectivity index (χ3n) is 9.46. The number of piperazine rings is 2. The summed E-state index contributed by atoms with van der Waals surface area (Å²) in [4.78, 5) is 48.6. The van der Waals surface area contributed by atoms with Crippen molar-refractivity contribution >= 4 is 40.9 Å². The van der Waals surface area contributed by atoms with Gasteiger partial charge in [0.15, 0.2) is 0 Å². The van der Waals surface area contributed by atoms with Crippen molar-refractivity contribution in [2.45, 2.75) is 50.9 Å². The number of likely N-dealkylation sites (tertiary alicyclic amines) is 2. The second-order valence-corrected chi connectivity index (χ2v) is 13.4. The van der Waals surface area contributed by atoms with Gasteiger partial charge in [-0.15, -0.1) is 0 Å². The Morgan fingerprint density at radius 3 is 2.24 bits per heavy atom. The maximum absolute atomic E-state index is 13.8. The zero-order valence-electron chi connectivity index (χ0n) is 25.7. The number of benzene rings is 3. The van der Waals surface area contributed by atoms with Crippen LogP contribution in [-0.2, 0) is 9.59 Å². The summed E-state index contributed by atoms with van der Waals surface area (Å²) in [5, 5.41) is 0.858. The summed E-state index contributed by atoms with van der Waals surface area (Å²) in [5.41, 5.74) is 10.7. The monoisotopic (exact) mass is 647 g/mol. The fraction of sp³-hybridized carbons (Fsp3) is 0.400. The molecule has 6 rings (SSSR count). The molecule has 3 amide bonds. The molecule has 236 valence electrons. The lowest BCUT2D eigenvalue weighted by Crippen LogP contribution is -2.53. The molecule has 3 aliphatic heterocycles. The topological polar surface area (TPSA) is 90.2 Å². The Labute approximate surface area is 274 Å². The first-order chi connectivity index (χ1) is 21.6. The van der Waals surface area contributed by atoms with Crippen LogP contribution < -0.4 is 5.73 Å². The van der Waals surface area contributed by atoms with Crippen molar-refractivity contribution in [3.8, 4) is 0 Å². The molecule has 3 heterocycles. The van der Waals surface area contributed by atoms with Crippen molar-refractivity contribution in [2.24, 2.45) is 5.73 Å². The third kappa shape index (κ3) is 6.61. The van der Waals surface area contributed by atoms with Gasteiger partial charge in [0.05, 0.1) is 16.1 Å². The summed E-state index contributed by atoms with van der Waals surface area (Å²) >= 11 is 12.6. The van der Waals surface area contributed by atoms with Gasteiger partial charge in [0.1, 0.15) is 6.04 Å². The Balaban J connectivity index is 1.11. The Bertz CT molecular complexity index is 1580. The molecule has 2 N–H and O–H groups in total. The number of nitrogens with zero attached hydrogens (tertiary/aromatic N) is 4. The van der Waals surface area contributed by atoms with Crippen LogP contribution in [0.5, 0.6) is 0 Å². The number of aryl methyl sites for hydroxylation is 2. The first-order valence-corrected chi connectivity index (χ1v) is 16.3. The zero-order chi connectivity index (χ0) is 31.8. The highest BCUT2D eigenvalue weighted by molar-refractivity contribution is 6.42. The van der Waals surface area contributed by atoms with Crippen molar-refractivity contribution in [3.05, 3.63) is 105 Å². The number of halogens is 2. The van der Waals surface area contributed by atoms with Gasteiger partial charge in [0, 0.05) is 63.3 Å². The molecule has 0 aromatic heterocycles. The maximum atomic E-state index is 13.8. The lowest BCUT2D eigenvalue weighted by Gasteiger charge is -2.42. The average molecular weight is 649 g/mol. The van der Waals surface area contributed by atoms with Gasteiger partial charge in [-0.05, 0) is 55.7 Å². The van der Waals surface area contributed by atoms with Gasteiger partial charge in [0.2, 0.25) is 11.8 Å². The predicted molar refractivity (Wildman–Crippen MR) is 176 cm³/mol. The number of hydrogen-bond donors (Lipinski definition) is 1. The third-order valence-corrected chi connectivity index (χ3v) is 10.2. The molecule has 0 unspecified atom stereocenters. The van der Waals surface area contributed by atoms with E-state index < -0.39 is 6.04 Å². The number of fused-ring (bicyclic) bond motifs is 2. The number of hydrogen-bond acceptors (Lipinski definition) is 5. The van der Waals surface area contributed by atoms with Crippen LogP contribution in [0.1, 0.15) is 57.5 Å². The van der Waals surface area contributed by atoms with Crippen LogP contribution in [0, 0.1) is 13.8 Å². The molecule has 8 nitrogen and oxygen atoms in total. The molecule has 3 aliphatic rings. The quantitative estimate of drug-likeness (QED) is 0.389. The molecule has 45 heavy (non-hydrogen) atoms. The first-order valence-electron chi connectivity index (χ1n) is 15.6. The zero-order valence-corrected chi connectivity index (χ0v) is 27.2. The van der Waals surface area contributed by atoms with E-state index >= 15 is 0 Å². The standard InChI is InChI=1S/C35H39Cl2N5O3/c1-22-14-23(2)16-26(15-22)34(44)40-12-13-41(31(21-40)25-8-9-29(36)30(37)17-25)32(43)10-11-39-19-28-18-27(39)20-42(28)35(45)33(38)24-6-4-3-5-7-24/h3-9,14-17,27-28,31,33H,10-13,18-21,38H2,1-2H3/t27-,28-,31-,33+/m0/s1. The molecule has 4 atom stereocenters. The summed E-state index contributed by atoms with van der Waals surface area (Å²) < 4.78 is 0. The van der Waals surface area contributed by atoms with Gasteiger partial charge >= 0.3 is 0 Å². The minimum atomic E-state index is -0.667. The van der Waals surface area contributed by atoms with E-state index in [0.717, 1.165) is 35.2 Å². The van der Waals surface area contributed by atoms with Crippen molar-refractivity contribution in [2.75, 3.05) is 39.3 Å². The molecular weight excluding hydrogens is 609 g/mol. The predicted octanol–water partition coefficient (Wildman–Crippen LogP) is 5.01. The summed E-state index contributed by atoms with van der Waals surface area (Å²) in [6.45, 7) is 7.18. The molecule has 3 aromatic carbocycles. The van der Waals surface area contributed by atoms with Gasteiger partial charge in [-0.25, -0.2) is 0 Å². The normalized spacial score (nSPS) is 22.2. The van der Waals surface area contributed by atoms with Crippen molar-refractivity contribution < 1.29 is 14.4 Å². The molecule has 0 aliphatic carbocycles. The van der Waals surface area contributed by atoms with Crippen LogP contribution in [0.2, 0.25) is 10.0 Å². The van der Waals surface area contributed by atoms with Gasteiger partial charge in [-0.1, -0.05) is 76.8 Å². The van der Waals surface area contributed by atoms with E-state index in [4.69, 9.17) is 28.9 Å². The van der Waals surface area contributed by atoms with Crippen LogP contribution in [-0.4, -0.2) is 88.7 Å². The minimum absolute atomic E-state index is 0.0337. The summed E-state index contributed by atoms with van der Waals surface area (Å²) in [6, 6.07) is 20.1. The second-order valence-electron chi connectivity index (χ2n) is 12.6. The van der Waals surface area contributed by atoms with Crippen LogP contribution in [0.15, 0.2) is 66.7 Å². The highest BCUT2D eigenvalue weighted by Gasteiger charge is 2.46. The van der Waals surface area contributed by atoms with Gasteiger partial charge < -0.3 is 20.4 Å². The molecule has 2 bridgehead atoms. The Hall–Kier alpha value is -3.43. The number of carbonyl (C=O) groups excluding carboxylic acids is 3. The molecule has 3 aromatic rings. The number of nitrogens with two attached hydrogens (primary N) is 1. The first kappa shape index (κ1) is 31.5. The molecule has 3 saturated heterocycles. The molecule has 0 saturated carbocycles. The fourth-order valence-corrected chi connectivity index (χ4v) is 7.52. The number of carbonyl (C=O) groups is 3. The van der Waals surface area contributed by atoms with Crippen molar-refractivity contribution in [1.82, 2.24) is 19.6 Å². The molecule has 3 fully saturated rings. The SMILES string of the molecule is Cc1cc(C)cc(C(=O)N2CCN(C(=O)CCN3C[C@@H]4C[C@H]3CN4C(=O)[C@H](N)c3ccccc3)[C@H](c3ccc(Cl)c(Cl)c3)C2)c1. The van der Waals surface area contributed by atoms with Crippen LogP contribution >= 0.6 is 23.2 Å². The highest BCUT2D eigenvalue weighted by Crippen LogP contribution is 2.34. The number of rotatable bonds is 7. The van der Waals surface area contributed by atoms with E-state index in [1.165, 1.54) is 0 Å². The van der Waals surface area contributed by atoms with Crippen LogP contribution in [0.4, 0.5) is 0 Å². The van der Waals surface area contributed by atoms with Gasteiger partial charge in [0.25, 0.3) is 5.91 Å². The Morgan fingerprint density at radius 2 is 1.58 bits per heavy atom. The second kappa shape index (κ2) is 13.1. The largest absolute Gasteiger partial charge is 0.335 e. The van der Waals surface area contributed by atoms with E-state index in [9.17, 15) is 14.4 Å². The number of amides is 3. The Kier molecular flexibility index (Phi) is 9.20. The van der Waals surface area contributed by atoms with Crippen molar-refractivity contribution in [1.29, 1.82) is 0 Å². The average Bonchev–Trinajstić information content (AvgIpc) is 3.65. The van der Waals surface area contributed by atoms with E-state index in [2.05, 4.69) is 4.90 Å². The molecule has 10 heteroatoms. The lowest BCUT2D eigenvalue weighted by atomic mass is 10.00. The summed E-state index contributed by atoms with van der Waals surface area (Å²) in [5.74, 6) is -0.0494. The van der Waals surface area contributed by atoms with Crippen LogP contribution in [0.3, 0.4) is 0 Å². The van der Waals surface area contributed by atoms with E-state index in [0.29, 0.717) is 54.8 Å². The highest BCUT2D eigenvalue weighted by atomic mass is 35.5. The van der Waals surface area contributed by atoms with Crippen molar-refractivity contribution in [3.63, 3.8) is 0 Å². The van der Waals surface area contributed by atoms with Gasteiger partial charge in [-0.2, -0.15) is 0 Å². The van der Waals surface area contributed by atoms with Crippen LogP contribution in [0.25, 0.3) is 0 Å². The van der Waals surface area contributed by atoms with E-state index in [1.54, 1.807) is 12.1 Å². The smallest absolute Gasteiger partial charge is 0.254 e. The lowest BCUT2D eigenvalue weighted by molar-refractivity contribution is -0.138. The summed E-state index contributed by atoms with van der Waals surface area (Å²) in [7, 11) is 0. The van der Waals surface area contributed by atoms with E-state index in [1.807, 2.05) is 83.1 Å². The van der Waals surface area contributed by atoms with Gasteiger partial charge in [-0.3, -0.25) is 19.3 Å². The summed E-state index contributed by atoms with van der Waals surface area (Å²) in [6.07, 6.45) is 1.25. The fourth-order valence-electron chi connectivity index (χ4n) is 7.21.